The highest BCUT2D eigenvalue weighted by molar-refractivity contribution is 5.80. The largest absolute Gasteiger partial charge is 0.463 e. The van der Waals surface area contributed by atoms with Crippen LogP contribution < -0.4 is 10.2 Å². The molecule has 0 saturated carbocycles. The Morgan fingerprint density at radius 3 is 2.83 bits per heavy atom. The SMILES string of the molecule is C[C@H]1CCCN(c2nc(-c3cc(-c4ccon4)n(Cc4ccccc4F)n3)ncc2F)[C@H]1C(=O)OCCNCCO. The maximum Gasteiger partial charge on any atom is 0.329 e. The molecule has 1 aromatic carbocycles. The van der Waals surface area contributed by atoms with E-state index in [9.17, 15) is 9.18 Å². The topological polar surface area (TPSA) is 131 Å². The third-order valence-corrected chi connectivity index (χ3v) is 6.97. The molecule has 0 aliphatic carbocycles. The van der Waals surface area contributed by atoms with Crippen LogP contribution in [0.15, 0.2) is 53.4 Å². The molecule has 3 aromatic heterocycles. The summed E-state index contributed by atoms with van der Waals surface area (Å²) in [6, 6.07) is 8.98. The first-order valence-electron chi connectivity index (χ1n) is 13.5. The molecule has 13 heteroatoms. The summed E-state index contributed by atoms with van der Waals surface area (Å²) in [7, 11) is 0. The molecule has 0 bridgehead atoms. The first-order chi connectivity index (χ1) is 20.0. The van der Waals surface area contributed by atoms with Gasteiger partial charge < -0.3 is 24.6 Å². The minimum atomic E-state index is -0.733. The number of halogens is 2. The summed E-state index contributed by atoms with van der Waals surface area (Å²) in [6.07, 6.45) is 4.00. The number of nitrogens with one attached hydrogen (secondary N) is 1. The van der Waals surface area contributed by atoms with Crippen molar-refractivity contribution in [1.29, 1.82) is 0 Å². The van der Waals surface area contributed by atoms with E-state index in [4.69, 9.17) is 14.4 Å². The lowest BCUT2D eigenvalue weighted by Gasteiger charge is -2.39. The zero-order chi connectivity index (χ0) is 28.8. The Morgan fingerprint density at radius 1 is 1.20 bits per heavy atom. The van der Waals surface area contributed by atoms with Crippen LogP contribution in [0.4, 0.5) is 14.6 Å². The number of aromatic nitrogens is 5. The Labute approximate surface area is 235 Å². The molecular formula is C28H31F2N7O4. The molecule has 1 aliphatic heterocycles. The summed E-state index contributed by atoms with van der Waals surface area (Å²) in [5, 5.41) is 20.5. The number of nitrogens with zero attached hydrogens (tertiary/aromatic N) is 6. The minimum absolute atomic E-state index is 0.0157. The van der Waals surface area contributed by atoms with Crippen LogP contribution in [-0.2, 0) is 16.1 Å². The van der Waals surface area contributed by atoms with Crippen molar-refractivity contribution in [2.24, 2.45) is 5.92 Å². The van der Waals surface area contributed by atoms with Crippen LogP contribution >= 0.6 is 0 Å². The predicted molar refractivity (Wildman–Crippen MR) is 145 cm³/mol. The molecule has 1 saturated heterocycles. The van der Waals surface area contributed by atoms with Crippen molar-refractivity contribution in [1.82, 2.24) is 30.2 Å². The Kier molecular flexibility index (Phi) is 8.95. The van der Waals surface area contributed by atoms with E-state index in [-0.39, 0.29) is 43.1 Å². The molecule has 1 aliphatic rings. The number of anilines is 1. The summed E-state index contributed by atoms with van der Waals surface area (Å²) < 4.78 is 41.7. The number of rotatable bonds is 11. The zero-order valence-corrected chi connectivity index (χ0v) is 22.5. The lowest BCUT2D eigenvalue weighted by molar-refractivity contribution is -0.146. The third-order valence-electron chi connectivity index (χ3n) is 6.97. The van der Waals surface area contributed by atoms with Crippen molar-refractivity contribution in [3.63, 3.8) is 0 Å². The number of hydrogen-bond acceptors (Lipinski definition) is 10. The molecule has 216 valence electrons. The van der Waals surface area contributed by atoms with Crippen molar-refractivity contribution in [3.8, 4) is 22.9 Å². The van der Waals surface area contributed by atoms with E-state index >= 15 is 4.39 Å². The van der Waals surface area contributed by atoms with Gasteiger partial charge in [-0.25, -0.2) is 23.5 Å². The summed E-state index contributed by atoms with van der Waals surface area (Å²) >= 11 is 0. The smallest absolute Gasteiger partial charge is 0.329 e. The predicted octanol–water partition coefficient (Wildman–Crippen LogP) is 3.05. The maximum atomic E-state index is 15.2. The Hall–Kier alpha value is -4.23. The second-order valence-corrected chi connectivity index (χ2v) is 9.81. The summed E-state index contributed by atoms with van der Waals surface area (Å²) in [5.41, 5.74) is 1.75. The number of aliphatic hydroxyl groups is 1. The molecule has 0 radical (unpaired) electrons. The second kappa shape index (κ2) is 13.0. The Balaban J connectivity index is 1.45. The van der Waals surface area contributed by atoms with E-state index in [1.165, 1.54) is 12.3 Å². The molecule has 0 unspecified atom stereocenters. The molecule has 1 fully saturated rings. The number of hydrogen-bond donors (Lipinski definition) is 2. The van der Waals surface area contributed by atoms with Gasteiger partial charge in [0.1, 0.15) is 36.1 Å². The van der Waals surface area contributed by atoms with E-state index in [1.807, 2.05) is 6.92 Å². The highest BCUT2D eigenvalue weighted by atomic mass is 19.1. The molecule has 2 N–H and O–H groups in total. The lowest BCUT2D eigenvalue weighted by Crippen LogP contribution is -2.51. The molecule has 0 spiro atoms. The molecule has 41 heavy (non-hydrogen) atoms. The number of carbonyl (C=O) groups is 1. The van der Waals surface area contributed by atoms with Gasteiger partial charge in [0.2, 0.25) is 0 Å². The molecule has 4 heterocycles. The molecule has 0 amide bonds. The lowest BCUT2D eigenvalue weighted by atomic mass is 9.90. The molecule has 4 aromatic rings. The van der Waals surface area contributed by atoms with E-state index < -0.39 is 17.8 Å². The Bertz CT molecular complexity index is 1460. The van der Waals surface area contributed by atoms with Gasteiger partial charge in [0.15, 0.2) is 17.5 Å². The third kappa shape index (κ3) is 6.41. The number of carbonyl (C=O) groups excluding carboxylic acids is 1. The van der Waals surface area contributed by atoms with E-state index in [2.05, 4.69) is 25.5 Å². The monoisotopic (exact) mass is 567 g/mol. The van der Waals surface area contributed by atoms with Crippen molar-refractivity contribution in [2.45, 2.75) is 32.4 Å². The average molecular weight is 568 g/mol. The van der Waals surface area contributed by atoms with Crippen LogP contribution in [0.3, 0.4) is 0 Å². The molecule has 2 atom stereocenters. The number of esters is 1. The Morgan fingerprint density at radius 2 is 2.05 bits per heavy atom. The number of piperidine rings is 1. The van der Waals surface area contributed by atoms with Gasteiger partial charge in [-0.05, 0) is 30.9 Å². The fraction of sp³-hybridized carbons (Fsp3) is 0.393. The second-order valence-electron chi connectivity index (χ2n) is 9.81. The van der Waals surface area contributed by atoms with Gasteiger partial charge in [-0.15, -0.1) is 0 Å². The number of benzene rings is 1. The minimum Gasteiger partial charge on any atom is -0.463 e. The van der Waals surface area contributed by atoms with Gasteiger partial charge in [-0.3, -0.25) is 4.68 Å². The quantitative estimate of drug-likeness (QED) is 0.206. The first-order valence-corrected chi connectivity index (χ1v) is 13.5. The van der Waals surface area contributed by atoms with E-state index in [1.54, 1.807) is 39.9 Å². The van der Waals surface area contributed by atoms with Crippen LogP contribution in [0.2, 0.25) is 0 Å². The maximum absolute atomic E-state index is 15.2. The van der Waals surface area contributed by atoms with Crippen molar-refractivity contribution >= 4 is 11.8 Å². The van der Waals surface area contributed by atoms with Crippen LogP contribution in [0.1, 0.15) is 25.3 Å². The molecular weight excluding hydrogens is 536 g/mol. The highest BCUT2D eigenvalue weighted by Gasteiger charge is 2.38. The normalized spacial score (nSPS) is 17.1. The van der Waals surface area contributed by atoms with Crippen molar-refractivity contribution < 1.29 is 27.9 Å². The fourth-order valence-electron chi connectivity index (χ4n) is 4.97. The van der Waals surface area contributed by atoms with Crippen LogP contribution in [-0.4, -0.2) is 74.9 Å². The van der Waals surface area contributed by atoms with Gasteiger partial charge in [-0.1, -0.05) is 30.3 Å². The van der Waals surface area contributed by atoms with Crippen LogP contribution in [0, 0.1) is 17.6 Å². The molecule has 11 nitrogen and oxygen atoms in total. The first kappa shape index (κ1) is 28.3. The average Bonchev–Trinajstić information content (AvgIpc) is 3.65. The van der Waals surface area contributed by atoms with Gasteiger partial charge in [0, 0.05) is 31.3 Å². The zero-order valence-electron chi connectivity index (χ0n) is 22.5. The number of ether oxygens (including phenoxy) is 1. The van der Waals surface area contributed by atoms with Gasteiger partial charge >= 0.3 is 5.97 Å². The standard InChI is InChI=1S/C28H31F2N7O4/c1-18-5-4-11-36(25(18)28(39)40-14-10-31-9-12-38)27-21(30)16-32-26(33-27)23-15-24(22-8-13-41-35-22)37(34-23)17-19-6-2-3-7-20(19)29/h2-3,6-8,13,15-16,18,25,31,38H,4-5,9-12,14,17H2,1H3/t18-,25+/m0/s1. The summed E-state index contributed by atoms with van der Waals surface area (Å²) in [6.45, 7) is 3.34. The molecule has 5 rings (SSSR count). The van der Waals surface area contributed by atoms with Gasteiger partial charge in [0.25, 0.3) is 0 Å². The van der Waals surface area contributed by atoms with Crippen LogP contribution in [0.25, 0.3) is 22.9 Å². The van der Waals surface area contributed by atoms with Crippen molar-refractivity contribution in [2.75, 3.05) is 37.7 Å². The summed E-state index contributed by atoms with van der Waals surface area (Å²) in [5.74, 6) is -1.50. The number of aliphatic hydroxyl groups excluding tert-OH is 1. The summed E-state index contributed by atoms with van der Waals surface area (Å²) in [4.78, 5) is 23.4. The fourth-order valence-corrected chi connectivity index (χ4v) is 4.97. The highest BCUT2D eigenvalue weighted by Crippen LogP contribution is 2.32. The van der Waals surface area contributed by atoms with Crippen LogP contribution in [0.5, 0.6) is 0 Å². The van der Waals surface area contributed by atoms with E-state index in [0.29, 0.717) is 42.3 Å². The van der Waals surface area contributed by atoms with Gasteiger partial charge in [0.05, 0.1) is 25.0 Å². The van der Waals surface area contributed by atoms with Gasteiger partial charge in [-0.2, -0.15) is 5.10 Å². The van der Waals surface area contributed by atoms with E-state index in [0.717, 1.165) is 19.0 Å². The van der Waals surface area contributed by atoms with Crippen molar-refractivity contribution in [3.05, 3.63) is 66.1 Å².